The second-order valence-corrected chi connectivity index (χ2v) is 6.64. The van der Waals surface area contributed by atoms with Crippen molar-refractivity contribution in [3.05, 3.63) is 90.0 Å². The van der Waals surface area contributed by atoms with Gasteiger partial charge >= 0.3 is 0 Å². The van der Waals surface area contributed by atoms with E-state index < -0.39 is 0 Å². The van der Waals surface area contributed by atoms with Crippen molar-refractivity contribution in [1.29, 1.82) is 0 Å². The van der Waals surface area contributed by atoms with E-state index in [1.54, 1.807) is 0 Å². The number of hydrogen-bond acceptors (Lipinski definition) is 2. The van der Waals surface area contributed by atoms with Crippen molar-refractivity contribution >= 4 is 18.0 Å². The van der Waals surface area contributed by atoms with Gasteiger partial charge in [-0.2, -0.15) is 0 Å². The second-order valence-electron chi connectivity index (χ2n) is 6.64. The van der Waals surface area contributed by atoms with Crippen LogP contribution in [0.2, 0.25) is 0 Å². The average Bonchev–Trinajstić information content (AvgIpc) is 2.75. The largest absolute Gasteiger partial charge is 0.345 e. The van der Waals surface area contributed by atoms with E-state index in [9.17, 15) is 9.59 Å². The standard InChI is InChI=1S/C24H24N2O2/c1-2-6-23(20-13-15-22(16-14-20)25-17-27)26-24(28)21-11-9-19(10-12-21)18-7-4-3-5-8-18/h3-5,7-17,23H,2,6H2,1H3,(H,25,27)(H,26,28). The van der Waals surface area contributed by atoms with Crippen LogP contribution in [0.3, 0.4) is 0 Å². The minimum atomic E-state index is -0.0897. The van der Waals surface area contributed by atoms with Gasteiger partial charge in [-0.3, -0.25) is 9.59 Å². The van der Waals surface area contributed by atoms with E-state index in [0.717, 1.165) is 35.2 Å². The lowest BCUT2D eigenvalue weighted by Gasteiger charge is -2.19. The Labute approximate surface area is 165 Å². The third-order valence-electron chi connectivity index (χ3n) is 4.68. The molecular formula is C24H24N2O2. The molecule has 2 amide bonds. The molecule has 4 nitrogen and oxygen atoms in total. The molecule has 4 heteroatoms. The van der Waals surface area contributed by atoms with Crippen LogP contribution in [-0.2, 0) is 4.79 Å². The molecule has 3 aromatic rings. The molecule has 0 spiro atoms. The Morgan fingerprint density at radius 2 is 1.54 bits per heavy atom. The lowest BCUT2D eigenvalue weighted by Crippen LogP contribution is -2.28. The first-order valence-corrected chi connectivity index (χ1v) is 9.47. The lowest BCUT2D eigenvalue weighted by atomic mass is 10.0. The van der Waals surface area contributed by atoms with E-state index in [2.05, 4.69) is 29.7 Å². The van der Waals surface area contributed by atoms with Crippen LogP contribution in [0.25, 0.3) is 11.1 Å². The van der Waals surface area contributed by atoms with Crippen LogP contribution in [0.15, 0.2) is 78.9 Å². The molecule has 0 aliphatic heterocycles. The molecule has 0 saturated heterocycles. The zero-order chi connectivity index (χ0) is 19.8. The van der Waals surface area contributed by atoms with Gasteiger partial charge in [0.1, 0.15) is 0 Å². The Morgan fingerprint density at radius 1 is 0.893 bits per heavy atom. The maximum Gasteiger partial charge on any atom is 0.251 e. The van der Waals surface area contributed by atoms with Gasteiger partial charge in [-0.05, 0) is 47.4 Å². The van der Waals surface area contributed by atoms with Gasteiger partial charge in [-0.15, -0.1) is 0 Å². The smallest absolute Gasteiger partial charge is 0.251 e. The molecular weight excluding hydrogens is 348 g/mol. The monoisotopic (exact) mass is 372 g/mol. The summed E-state index contributed by atoms with van der Waals surface area (Å²) in [6.45, 7) is 2.09. The molecule has 0 aliphatic carbocycles. The number of carbonyl (C=O) groups is 2. The molecule has 0 heterocycles. The predicted octanol–water partition coefficient (Wildman–Crippen LogP) is 5.19. The van der Waals surface area contributed by atoms with E-state index >= 15 is 0 Å². The molecule has 0 aliphatic rings. The molecule has 0 radical (unpaired) electrons. The SMILES string of the molecule is CCCC(NC(=O)c1ccc(-c2ccccc2)cc1)c1ccc(NC=O)cc1. The number of nitrogens with one attached hydrogen (secondary N) is 2. The van der Waals surface area contributed by atoms with E-state index in [0.29, 0.717) is 12.0 Å². The number of amides is 2. The van der Waals surface area contributed by atoms with Crippen molar-refractivity contribution in [2.75, 3.05) is 5.32 Å². The van der Waals surface area contributed by atoms with Crippen LogP contribution < -0.4 is 10.6 Å². The fourth-order valence-corrected chi connectivity index (χ4v) is 3.18. The quantitative estimate of drug-likeness (QED) is 0.534. The zero-order valence-corrected chi connectivity index (χ0v) is 15.9. The first-order chi connectivity index (χ1) is 13.7. The van der Waals surface area contributed by atoms with Crippen LogP contribution >= 0.6 is 0 Å². The molecule has 0 aromatic heterocycles. The fourth-order valence-electron chi connectivity index (χ4n) is 3.18. The average molecular weight is 372 g/mol. The zero-order valence-electron chi connectivity index (χ0n) is 15.9. The summed E-state index contributed by atoms with van der Waals surface area (Å²) in [5.41, 5.74) is 4.60. The Kier molecular flexibility index (Phi) is 6.58. The maximum atomic E-state index is 12.8. The van der Waals surface area contributed by atoms with Crippen LogP contribution in [-0.4, -0.2) is 12.3 Å². The van der Waals surface area contributed by atoms with Crippen molar-refractivity contribution in [2.24, 2.45) is 0 Å². The summed E-state index contributed by atoms with van der Waals surface area (Å²) >= 11 is 0. The Hall–Kier alpha value is -3.40. The van der Waals surface area contributed by atoms with Crippen LogP contribution in [0.4, 0.5) is 5.69 Å². The molecule has 1 atom stereocenters. The number of benzene rings is 3. The van der Waals surface area contributed by atoms with Gasteiger partial charge in [0.15, 0.2) is 0 Å². The van der Waals surface area contributed by atoms with E-state index in [4.69, 9.17) is 0 Å². The number of carbonyl (C=O) groups excluding carboxylic acids is 2. The molecule has 3 rings (SSSR count). The highest BCUT2D eigenvalue weighted by atomic mass is 16.1. The Balaban J connectivity index is 1.72. The number of rotatable bonds is 8. The summed E-state index contributed by atoms with van der Waals surface area (Å²) in [6, 6.07) is 25.2. The molecule has 0 fully saturated rings. The fraction of sp³-hybridized carbons (Fsp3) is 0.167. The van der Waals surface area contributed by atoms with Gasteiger partial charge in [0.25, 0.3) is 5.91 Å². The molecule has 142 valence electrons. The van der Waals surface area contributed by atoms with Crippen molar-refractivity contribution in [3.63, 3.8) is 0 Å². The minimum absolute atomic E-state index is 0.0726. The van der Waals surface area contributed by atoms with E-state index in [1.165, 1.54) is 0 Å². The third kappa shape index (κ3) is 4.86. The Morgan fingerprint density at radius 3 is 2.14 bits per heavy atom. The summed E-state index contributed by atoms with van der Waals surface area (Å²) in [4.78, 5) is 23.3. The second kappa shape index (κ2) is 9.51. The third-order valence-corrected chi connectivity index (χ3v) is 4.68. The first kappa shape index (κ1) is 19.4. The molecule has 0 saturated carbocycles. The van der Waals surface area contributed by atoms with Crippen molar-refractivity contribution < 1.29 is 9.59 Å². The molecule has 1 unspecified atom stereocenters. The van der Waals surface area contributed by atoms with Crippen molar-refractivity contribution in [1.82, 2.24) is 5.32 Å². The number of anilines is 1. The van der Waals surface area contributed by atoms with Crippen LogP contribution in [0.1, 0.15) is 41.7 Å². The van der Waals surface area contributed by atoms with Crippen molar-refractivity contribution in [2.45, 2.75) is 25.8 Å². The van der Waals surface area contributed by atoms with E-state index in [-0.39, 0.29) is 11.9 Å². The van der Waals surface area contributed by atoms with Gasteiger partial charge in [0.2, 0.25) is 6.41 Å². The van der Waals surface area contributed by atoms with E-state index in [1.807, 2.05) is 66.7 Å². The molecule has 0 bridgehead atoms. The summed E-state index contributed by atoms with van der Waals surface area (Å²) < 4.78 is 0. The summed E-state index contributed by atoms with van der Waals surface area (Å²) in [7, 11) is 0. The maximum absolute atomic E-state index is 12.8. The normalized spacial score (nSPS) is 11.5. The van der Waals surface area contributed by atoms with Gasteiger partial charge in [-0.1, -0.05) is 67.9 Å². The first-order valence-electron chi connectivity index (χ1n) is 9.47. The number of hydrogen-bond donors (Lipinski definition) is 2. The molecule has 3 aromatic carbocycles. The Bertz CT molecular complexity index is 904. The summed E-state index contributed by atoms with van der Waals surface area (Å²) in [6.07, 6.45) is 2.44. The highest BCUT2D eigenvalue weighted by Crippen LogP contribution is 2.22. The highest BCUT2D eigenvalue weighted by Gasteiger charge is 2.15. The van der Waals surface area contributed by atoms with Gasteiger partial charge < -0.3 is 10.6 Å². The van der Waals surface area contributed by atoms with Gasteiger partial charge in [-0.25, -0.2) is 0 Å². The van der Waals surface area contributed by atoms with Crippen LogP contribution in [0, 0.1) is 0 Å². The van der Waals surface area contributed by atoms with Crippen molar-refractivity contribution in [3.8, 4) is 11.1 Å². The van der Waals surface area contributed by atoms with Gasteiger partial charge in [0, 0.05) is 11.3 Å². The lowest BCUT2D eigenvalue weighted by molar-refractivity contribution is -0.105. The summed E-state index contributed by atoms with van der Waals surface area (Å²) in [5, 5.41) is 5.76. The molecule has 28 heavy (non-hydrogen) atoms. The summed E-state index contributed by atoms with van der Waals surface area (Å²) in [5.74, 6) is -0.0897. The molecule has 2 N–H and O–H groups in total. The van der Waals surface area contributed by atoms with Crippen LogP contribution in [0.5, 0.6) is 0 Å². The highest BCUT2D eigenvalue weighted by molar-refractivity contribution is 5.95. The minimum Gasteiger partial charge on any atom is -0.345 e. The van der Waals surface area contributed by atoms with Gasteiger partial charge in [0.05, 0.1) is 6.04 Å². The topological polar surface area (TPSA) is 58.2 Å². The predicted molar refractivity (Wildman–Crippen MR) is 113 cm³/mol.